The highest BCUT2D eigenvalue weighted by Crippen LogP contribution is 2.30. The van der Waals surface area contributed by atoms with Gasteiger partial charge in [0.25, 0.3) is 0 Å². The maximum atomic E-state index is 12.0. The van der Waals surface area contributed by atoms with Crippen LogP contribution in [-0.2, 0) is 4.79 Å². The van der Waals surface area contributed by atoms with E-state index in [0.29, 0.717) is 5.92 Å². The number of thioether (sulfide) groups is 1. The second-order valence-electron chi connectivity index (χ2n) is 4.96. The first-order valence-electron chi connectivity index (χ1n) is 6.14. The number of hydrogen-bond donors (Lipinski definition) is 2. The molecule has 1 aliphatic carbocycles. The second kappa shape index (κ2) is 6.50. The Morgan fingerprint density at radius 3 is 3.00 bits per heavy atom. The van der Waals surface area contributed by atoms with E-state index in [2.05, 4.69) is 18.5 Å². The molecule has 2 unspecified atom stereocenters. The van der Waals surface area contributed by atoms with E-state index in [1.54, 1.807) is 11.8 Å². The van der Waals surface area contributed by atoms with Crippen molar-refractivity contribution in [2.24, 2.45) is 11.7 Å². The molecule has 2 atom stereocenters. The Hall–Kier alpha value is -0.220. The number of carbonyl (C=O) groups is 1. The van der Waals surface area contributed by atoms with Gasteiger partial charge < -0.3 is 11.1 Å². The third-order valence-corrected chi connectivity index (χ3v) is 3.99. The Morgan fingerprint density at radius 1 is 1.62 bits per heavy atom. The zero-order valence-electron chi connectivity index (χ0n) is 10.4. The van der Waals surface area contributed by atoms with E-state index in [9.17, 15) is 4.79 Å². The van der Waals surface area contributed by atoms with E-state index in [1.807, 2.05) is 0 Å². The van der Waals surface area contributed by atoms with Crippen molar-refractivity contribution in [1.82, 2.24) is 5.32 Å². The molecule has 16 heavy (non-hydrogen) atoms. The molecule has 1 aliphatic rings. The minimum absolute atomic E-state index is 0.0557. The van der Waals surface area contributed by atoms with Crippen molar-refractivity contribution in [3.63, 3.8) is 0 Å². The van der Waals surface area contributed by atoms with Gasteiger partial charge in [-0.25, -0.2) is 0 Å². The van der Waals surface area contributed by atoms with E-state index in [1.165, 1.54) is 6.42 Å². The predicted octanol–water partition coefficient (Wildman–Crippen LogP) is 1.76. The summed E-state index contributed by atoms with van der Waals surface area (Å²) in [6.07, 6.45) is 7.06. The van der Waals surface area contributed by atoms with E-state index in [4.69, 9.17) is 5.73 Å². The Kier molecular flexibility index (Phi) is 5.62. The summed E-state index contributed by atoms with van der Waals surface area (Å²) in [7, 11) is 0. The van der Waals surface area contributed by atoms with E-state index in [-0.39, 0.29) is 5.91 Å². The molecule has 1 amide bonds. The summed E-state index contributed by atoms with van der Waals surface area (Å²) in [6, 6.07) is 0. The SMILES string of the molecule is CSCCCNC(=O)C1(N)CCCC(C)C1. The number of carbonyl (C=O) groups excluding carboxylic acids is 1. The lowest BCUT2D eigenvalue weighted by Crippen LogP contribution is -2.56. The normalized spacial score (nSPS) is 30.1. The van der Waals surface area contributed by atoms with E-state index in [0.717, 1.165) is 38.0 Å². The van der Waals surface area contributed by atoms with Crippen molar-refractivity contribution in [1.29, 1.82) is 0 Å². The number of rotatable bonds is 5. The Morgan fingerprint density at radius 2 is 2.38 bits per heavy atom. The van der Waals surface area contributed by atoms with Crippen LogP contribution in [0.1, 0.15) is 39.0 Å². The molecule has 0 aromatic heterocycles. The molecule has 3 nitrogen and oxygen atoms in total. The van der Waals surface area contributed by atoms with Crippen LogP contribution in [0.3, 0.4) is 0 Å². The zero-order chi connectivity index (χ0) is 12.0. The van der Waals surface area contributed by atoms with Crippen molar-refractivity contribution in [3.05, 3.63) is 0 Å². The average molecular weight is 244 g/mol. The Bertz CT molecular complexity index is 235. The molecule has 0 saturated heterocycles. The van der Waals surface area contributed by atoms with Gasteiger partial charge in [-0.15, -0.1) is 0 Å². The van der Waals surface area contributed by atoms with Gasteiger partial charge in [0, 0.05) is 6.54 Å². The molecule has 1 rings (SSSR count). The van der Waals surface area contributed by atoms with Crippen LogP contribution in [0.5, 0.6) is 0 Å². The van der Waals surface area contributed by atoms with Gasteiger partial charge in [-0.3, -0.25) is 4.79 Å². The monoisotopic (exact) mass is 244 g/mol. The number of amides is 1. The third-order valence-electron chi connectivity index (χ3n) is 3.30. The number of nitrogens with one attached hydrogen (secondary N) is 1. The van der Waals surface area contributed by atoms with Crippen LogP contribution in [0.4, 0.5) is 0 Å². The summed E-state index contributed by atoms with van der Waals surface area (Å²) in [5.41, 5.74) is 5.59. The summed E-state index contributed by atoms with van der Waals surface area (Å²) in [5, 5.41) is 2.97. The summed E-state index contributed by atoms with van der Waals surface area (Å²) in [4.78, 5) is 12.0. The molecule has 0 aromatic carbocycles. The summed E-state index contributed by atoms with van der Waals surface area (Å²) < 4.78 is 0. The molecule has 0 spiro atoms. The fourth-order valence-electron chi connectivity index (χ4n) is 2.39. The highest BCUT2D eigenvalue weighted by Gasteiger charge is 2.37. The lowest BCUT2D eigenvalue weighted by molar-refractivity contribution is -0.128. The molecule has 0 radical (unpaired) electrons. The first-order valence-corrected chi connectivity index (χ1v) is 7.54. The van der Waals surface area contributed by atoms with Crippen molar-refractivity contribution in [2.45, 2.75) is 44.6 Å². The second-order valence-corrected chi connectivity index (χ2v) is 5.95. The van der Waals surface area contributed by atoms with Gasteiger partial charge in [0.1, 0.15) is 0 Å². The minimum Gasteiger partial charge on any atom is -0.354 e. The largest absolute Gasteiger partial charge is 0.354 e. The topological polar surface area (TPSA) is 55.1 Å². The highest BCUT2D eigenvalue weighted by atomic mass is 32.2. The van der Waals surface area contributed by atoms with Crippen molar-refractivity contribution in [3.8, 4) is 0 Å². The van der Waals surface area contributed by atoms with Gasteiger partial charge >= 0.3 is 0 Å². The molecular weight excluding hydrogens is 220 g/mol. The summed E-state index contributed by atoms with van der Waals surface area (Å²) in [6.45, 7) is 2.94. The van der Waals surface area contributed by atoms with Crippen LogP contribution in [0.25, 0.3) is 0 Å². The van der Waals surface area contributed by atoms with Gasteiger partial charge in [0.15, 0.2) is 0 Å². The smallest absolute Gasteiger partial charge is 0.240 e. The van der Waals surface area contributed by atoms with Gasteiger partial charge in [-0.05, 0) is 37.2 Å². The number of nitrogens with two attached hydrogens (primary N) is 1. The lowest BCUT2D eigenvalue weighted by atomic mass is 9.76. The van der Waals surface area contributed by atoms with Crippen molar-refractivity contribution < 1.29 is 4.79 Å². The van der Waals surface area contributed by atoms with Crippen LogP contribution in [0, 0.1) is 5.92 Å². The molecule has 1 saturated carbocycles. The first kappa shape index (κ1) is 13.8. The molecule has 1 fully saturated rings. The average Bonchev–Trinajstić information content (AvgIpc) is 2.23. The minimum atomic E-state index is -0.600. The van der Waals surface area contributed by atoms with Gasteiger partial charge in [-0.1, -0.05) is 19.8 Å². The predicted molar refractivity (Wildman–Crippen MR) is 70.6 cm³/mol. The van der Waals surface area contributed by atoms with Gasteiger partial charge in [0.05, 0.1) is 5.54 Å². The maximum Gasteiger partial charge on any atom is 0.240 e. The van der Waals surface area contributed by atoms with E-state index < -0.39 is 5.54 Å². The summed E-state index contributed by atoms with van der Waals surface area (Å²) >= 11 is 1.81. The molecule has 0 aromatic rings. The maximum absolute atomic E-state index is 12.0. The summed E-state index contributed by atoms with van der Waals surface area (Å²) in [5.74, 6) is 1.73. The van der Waals surface area contributed by atoms with Crippen LogP contribution >= 0.6 is 11.8 Å². The molecule has 0 aliphatic heterocycles. The first-order chi connectivity index (χ1) is 7.58. The zero-order valence-corrected chi connectivity index (χ0v) is 11.2. The van der Waals surface area contributed by atoms with Crippen molar-refractivity contribution in [2.75, 3.05) is 18.6 Å². The van der Waals surface area contributed by atoms with Crippen LogP contribution in [0.15, 0.2) is 0 Å². The van der Waals surface area contributed by atoms with E-state index >= 15 is 0 Å². The molecule has 3 N–H and O–H groups in total. The molecule has 0 heterocycles. The van der Waals surface area contributed by atoms with Gasteiger partial charge in [-0.2, -0.15) is 11.8 Å². The Balaban J connectivity index is 2.33. The fourth-order valence-corrected chi connectivity index (χ4v) is 2.83. The highest BCUT2D eigenvalue weighted by molar-refractivity contribution is 7.98. The number of hydrogen-bond acceptors (Lipinski definition) is 3. The third kappa shape index (κ3) is 3.98. The molecule has 0 bridgehead atoms. The van der Waals surface area contributed by atoms with Crippen LogP contribution in [0.2, 0.25) is 0 Å². The molecule has 4 heteroatoms. The van der Waals surface area contributed by atoms with Gasteiger partial charge in [0.2, 0.25) is 5.91 Å². The quantitative estimate of drug-likeness (QED) is 0.725. The molecule has 94 valence electrons. The van der Waals surface area contributed by atoms with Crippen molar-refractivity contribution >= 4 is 17.7 Å². The lowest BCUT2D eigenvalue weighted by Gasteiger charge is -2.35. The Labute approximate surface area is 103 Å². The van der Waals surface area contributed by atoms with Crippen LogP contribution in [-0.4, -0.2) is 30.0 Å². The van der Waals surface area contributed by atoms with Crippen LogP contribution < -0.4 is 11.1 Å². The fraction of sp³-hybridized carbons (Fsp3) is 0.917. The molecular formula is C12H24N2OS. The standard InChI is InChI=1S/C12H24N2OS/c1-10-5-3-6-12(13,9-10)11(15)14-7-4-8-16-2/h10H,3-9,13H2,1-2H3,(H,14,15).